The van der Waals surface area contributed by atoms with Crippen LogP contribution in [0.1, 0.15) is 102 Å². The molecule has 3 heterocycles. The SMILES string of the molecule is CC[C@H]1OC(=O)[C@H](C)[C@@H](O[C@H]2C[C@@](C)(OC)[C@@H](O)[C@H](C)O2)[C@H](C)[C@@H](O[C@@H]2O[C@H](C)C[C@H](N(C)C)[C@H]2OC(=O)SCC(NC(C)=O)C(=O)OC)[C@](C)(O)C[C@@H](C)CN(C)[C@H](C)[C@@H](O)[C@]1(C)O. The number of carbonyl (C=O) groups is 4. The van der Waals surface area contributed by atoms with Crippen molar-refractivity contribution in [3.63, 3.8) is 0 Å². The zero-order chi connectivity index (χ0) is 49.5. The predicted octanol–water partition coefficient (Wildman–Crippen LogP) is 2.46. The maximum absolute atomic E-state index is 14.5. The zero-order valence-corrected chi connectivity index (χ0v) is 42.3. The van der Waals surface area contributed by atoms with Crippen LogP contribution >= 0.6 is 11.8 Å². The Hall–Kier alpha value is -2.21. The molecule has 3 fully saturated rings. The molecule has 65 heavy (non-hydrogen) atoms. The van der Waals surface area contributed by atoms with E-state index in [2.05, 4.69) is 5.32 Å². The number of methoxy groups -OCH3 is 2. The molecule has 5 N–H and O–H groups in total. The van der Waals surface area contributed by atoms with E-state index in [1.54, 1.807) is 55.5 Å². The number of ether oxygens (including phenoxy) is 8. The molecule has 0 spiro atoms. The summed E-state index contributed by atoms with van der Waals surface area (Å²) in [5.74, 6) is -4.44. The Morgan fingerprint density at radius 3 is 2.15 bits per heavy atom. The summed E-state index contributed by atoms with van der Waals surface area (Å²) in [6, 6.07) is -2.20. The smallest absolute Gasteiger partial charge is 0.367 e. The van der Waals surface area contributed by atoms with Gasteiger partial charge in [0, 0.05) is 44.7 Å². The minimum Gasteiger partial charge on any atom is -0.467 e. The fourth-order valence-corrected chi connectivity index (χ4v) is 10.4. The van der Waals surface area contributed by atoms with Gasteiger partial charge < -0.3 is 73.4 Å². The molecule has 0 radical (unpaired) electrons. The second-order valence-electron chi connectivity index (χ2n) is 19.6. The summed E-state index contributed by atoms with van der Waals surface area (Å²) in [5.41, 5.74) is -4.68. The van der Waals surface area contributed by atoms with Crippen molar-refractivity contribution in [3.05, 3.63) is 0 Å². The first-order chi connectivity index (χ1) is 30.0. The number of likely N-dealkylation sites (N-methyl/N-ethyl adjacent to an activating group) is 2. The lowest BCUT2D eigenvalue weighted by Crippen LogP contribution is -2.61. The van der Waals surface area contributed by atoms with Crippen LogP contribution in [0.25, 0.3) is 0 Å². The summed E-state index contributed by atoms with van der Waals surface area (Å²) in [7, 11) is 8.10. The fraction of sp³-hybridized carbons (Fsp3) is 0.911. The van der Waals surface area contributed by atoms with Crippen LogP contribution in [0, 0.1) is 17.8 Å². The van der Waals surface area contributed by atoms with E-state index in [-0.39, 0.29) is 30.9 Å². The monoisotopic (exact) mass is 952 g/mol. The van der Waals surface area contributed by atoms with Gasteiger partial charge >= 0.3 is 17.2 Å². The summed E-state index contributed by atoms with van der Waals surface area (Å²) < 4.78 is 49.2. The Bertz CT molecular complexity index is 1570. The number of hydrogen-bond donors (Lipinski definition) is 5. The van der Waals surface area contributed by atoms with Gasteiger partial charge in [-0.15, -0.1) is 0 Å². The second kappa shape index (κ2) is 23.9. The van der Waals surface area contributed by atoms with Crippen molar-refractivity contribution in [2.45, 2.75) is 198 Å². The van der Waals surface area contributed by atoms with Gasteiger partial charge in [-0.3, -0.25) is 9.59 Å². The summed E-state index contributed by atoms with van der Waals surface area (Å²) in [5, 5.41) is 49.1. The molecule has 0 aromatic carbocycles. The Balaban J connectivity index is 2.21. The molecule has 1 unspecified atom stereocenters. The molecular weight excluding hydrogens is 871 g/mol. The molecule has 0 aromatic rings. The summed E-state index contributed by atoms with van der Waals surface area (Å²) in [4.78, 5) is 56.2. The Labute approximate surface area is 390 Å². The number of rotatable bonds is 12. The van der Waals surface area contributed by atoms with Crippen molar-refractivity contribution in [2.75, 3.05) is 47.7 Å². The highest BCUT2D eigenvalue weighted by Gasteiger charge is 2.53. The van der Waals surface area contributed by atoms with E-state index in [9.17, 15) is 39.6 Å². The third kappa shape index (κ3) is 14.4. The van der Waals surface area contributed by atoms with Crippen molar-refractivity contribution in [3.8, 4) is 0 Å². The fourth-order valence-electron chi connectivity index (χ4n) is 9.70. The zero-order valence-electron chi connectivity index (χ0n) is 41.5. The Kier molecular flexibility index (Phi) is 21.0. The van der Waals surface area contributed by atoms with Gasteiger partial charge in [-0.1, -0.05) is 20.8 Å². The van der Waals surface area contributed by atoms with E-state index in [4.69, 9.17) is 37.9 Å². The lowest BCUT2D eigenvalue weighted by Gasteiger charge is -2.49. The third-order valence-corrected chi connectivity index (χ3v) is 14.5. The van der Waals surface area contributed by atoms with Crippen LogP contribution in [0.2, 0.25) is 0 Å². The quantitative estimate of drug-likeness (QED) is 0.139. The third-order valence-electron chi connectivity index (χ3n) is 13.6. The van der Waals surface area contributed by atoms with E-state index in [0.717, 1.165) is 0 Å². The van der Waals surface area contributed by atoms with Crippen molar-refractivity contribution in [1.29, 1.82) is 0 Å². The first-order valence-electron chi connectivity index (χ1n) is 22.8. The summed E-state index contributed by atoms with van der Waals surface area (Å²) in [6.07, 6.45) is -9.67. The predicted molar refractivity (Wildman–Crippen MR) is 241 cm³/mol. The number of aliphatic hydroxyl groups excluding tert-OH is 2. The minimum atomic E-state index is -1.87. The van der Waals surface area contributed by atoms with Crippen molar-refractivity contribution in [2.24, 2.45) is 17.8 Å². The van der Waals surface area contributed by atoms with Gasteiger partial charge in [-0.25, -0.2) is 9.59 Å². The molecule has 20 heteroatoms. The lowest BCUT2D eigenvalue weighted by atomic mass is 9.77. The van der Waals surface area contributed by atoms with Crippen LogP contribution in [0.15, 0.2) is 0 Å². The van der Waals surface area contributed by atoms with E-state index >= 15 is 0 Å². The maximum Gasteiger partial charge on any atom is 0.367 e. The number of esters is 2. The molecule has 0 aromatic heterocycles. The number of amides is 1. The van der Waals surface area contributed by atoms with E-state index in [1.807, 2.05) is 37.7 Å². The van der Waals surface area contributed by atoms with Crippen LogP contribution in [0.3, 0.4) is 0 Å². The van der Waals surface area contributed by atoms with Crippen molar-refractivity contribution >= 4 is 34.9 Å². The molecular formula is C45H81N3O16S. The number of hydrogen-bond acceptors (Lipinski definition) is 19. The first-order valence-corrected chi connectivity index (χ1v) is 23.8. The Morgan fingerprint density at radius 2 is 1.60 bits per heavy atom. The number of thioether (sulfide) groups is 1. The van der Waals surface area contributed by atoms with Crippen LogP contribution in [0.4, 0.5) is 4.79 Å². The van der Waals surface area contributed by atoms with Gasteiger partial charge in [-0.05, 0) is 107 Å². The van der Waals surface area contributed by atoms with Gasteiger partial charge in [0.05, 0.1) is 54.7 Å². The molecule has 3 saturated heterocycles. The molecule has 3 aliphatic heterocycles. The average molecular weight is 952 g/mol. The van der Waals surface area contributed by atoms with Gasteiger partial charge in [-0.2, -0.15) is 0 Å². The molecule has 19 atom stereocenters. The van der Waals surface area contributed by atoms with E-state index in [0.29, 0.717) is 24.7 Å². The first kappa shape index (κ1) is 57.1. The second-order valence-corrected chi connectivity index (χ2v) is 20.5. The molecule has 0 aliphatic carbocycles. The van der Waals surface area contributed by atoms with E-state index < -0.39 is 131 Å². The molecule has 19 nitrogen and oxygen atoms in total. The number of nitrogens with zero attached hydrogens (tertiary/aromatic N) is 2. The Morgan fingerprint density at radius 1 is 0.969 bits per heavy atom. The average Bonchev–Trinajstić information content (AvgIpc) is 3.22. The van der Waals surface area contributed by atoms with Crippen LogP contribution in [-0.4, -0.2) is 197 Å². The van der Waals surface area contributed by atoms with Crippen LogP contribution in [-0.2, 0) is 52.3 Å². The number of nitrogens with one attached hydrogen (secondary N) is 1. The van der Waals surface area contributed by atoms with Gasteiger partial charge in [0.2, 0.25) is 5.91 Å². The number of cyclic esters (lactones) is 1. The van der Waals surface area contributed by atoms with E-state index in [1.165, 1.54) is 28.1 Å². The topological polar surface area (TPSA) is 242 Å². The van der Waals surface area contributed by atoms with Crippen LogP contribution in [0.5, 0.6) is 0 Å². The van der Waals surface area contributed by atoms with Crippen molar-refractivity contribution < 1.29 is 77.5 Å². The maximum atomic E-state index is 14.5. The van der Waals surface area contributed by atoms with Gasteiger partial charge in [0.15, 0.2) is 18.7 Å². The normalized spacial score (nSPS) is 42.2. The highest BCUT2D eigenvalue weighted by Crippen LogP contribution is 2.41. The van der Waals surface area contributed by atoms with Gasteiger partial charge in [0.1, 0.15) is 30.0 Å². The standard InChI is InChI=1S/C45H81N3O16S/c1-17-32-45(11,56)36(50)27(6)48(14)21-23(2)19-43(9,55)38(25(4)34(26(5)39(52)61-32)62-33-20-44(10,58-16)37(51)28(7)60-33)64-41-35(31(47(12)13)18-24(3)59-41)63-42(54)65-22-30(40(53)57-15)46-29(8)49/h23-28,30-38,41,50-51,55-56H,17-22H2,1-16H3,(H,46,49)/t23-,24-,25+,26-,27-,28+,30?,31+,32-,33+,34+,35-,36-,37+,38-,41+,43-,44-,45-/m1/s1. The molecule has 378 valence electrons. The lowest BCUT2D eigenvalue weighted by molar-refractivity contribution is -0.317. The summed E-state index contributed by atoms with van der Waals surface area (Å²) in [6.45, 7) is 18.8. The molecule has 3 aliphatic rings. The van der Waals surface area contributed by atoms with Gasteiger partial charge in [0.25, 0.3) is 0 Å². The summed E-state index contributed by atoms with van der Waals surface area (Å²) >= 11 is 0.663. The molecule has 3 rings (SSSR count). The van der Waals surface area contributed by atoms with Crippen molar-refractivity contribution in [1.82, 2.24) is 15.1 Å². The van der Waals surface area contributed by atoms with Crippen LogP contribution < -0.4 is 5.32 Å². The number of carbonyl (C=O) groups excluding carboxylic acids is 4. The number of aliphatic hydroxyl groups is 4. The molecule has 1 amide bonds. The minimum absolute atomic E-state index is 0.0594. The highest BCUT2D eigenvalue weighted by atomic mass is 32.2. The largest absolute Gasteiger partial charge is 0.467 e. The highest BCUT2D eigenvalue weighted by molar-refractivity contribution is 8.13. The molecule has 0 saturated carbocycles. The molecule has 0 bridgehead atoms.